The molecule has 4 atom stereocenters. The van der Waals surface area contributed by atoms with Gasteiger partial charge in [0.1, 0.15) is 29.8 Å². The molecule has 2 aliphatic heterocycles. The van der Waals surface area contributed by atoms with E-state index in [1.54, 1.807) is 53.4 Å². The van der Waals surface area contributed by atoms with Crippen LogP contribution in [0.1, 0.15) is 91.7 Å². The monoisotopic (exact) mass is 686 g/mol. The third kappa shape index (κ3) is 11.5. The van der Waals surface area contributed by atoms with Crippen molar-refractivity contribution in [3.05, 3.63) is 35.4 Å². The van der Waals surface area contributed by atoms with Crippen molar-refractivity contribution in [3.8, 4) is 0 Å². The van der Waals surface area contributed by atoms with Gasteiger partial charge in [0.15, 0.2) is 0 Å². The quantitative estimate of drug-likeness (QED) is 0.180. The molecule has 1 fully saturated rings. The Hall–Kier alpha value is -4.16. The van der Waals surface area contributed by atoms with Crippen LogP contribution in [0.25, 0.3) is 0 Å². The fourth-order valence-corrected chi connectivity index (χ4v) is 6.02. The third-order valence-electron chi connectivity index (χ3n) is 8.63. The molecule has 1 aromatic rings. The number of ether oxygens (including phenoxy) is 3. The Morgan fingerprint density at radius 2 is 1.53 bits per heavy atom. The first-order valence-electron chi connectivity index (χ1n) is 17.2. The summed E-state index contributed by atoms with van der Waals surface area (Å²) in [4.78, 5) is 81.1. The molecule has 13 heteroatoms. The second-order valence-electron chi connectivity index (χ2n) is 14.5. The van der Waals surface area contributed by atoms with Crippen molar-refractivity contribution >= 4 is 35.8 Å². The van der Waals surface area contributed by atoms with Crippen LogP contribution in [0.15, 0.2) is 24.3 Å². The summed E-state index contributed by atoms with van der Waals surface area (Å²) in [7, 11) is 1.23. The molecule has 2 aliphatic rings. The minimum Gasteiger partial charge on any atom is -0.467 e. The maximum absolute atomic E-state index is 14.0. The van der Waals surface area contributed by atoms with Gasteiger partial charge >= 0.3 is 18.0 Å². The predicted octanol–water partition coefficient (Wildman–Crippen LogP) is 3.51. The first-order chi connectivity index (χ1) is 23.0. The first-order valence-corrected chi connectivity index (χ1v) is 17.2. The number of rotatable bonds is 13. The van der Waals surface area contributed by atoms with Crippen molar-refractivity contribution < 1.29 is 43.0 Å². The van der Waals surface area contributed by atoms with Gasteiger partial charge in [0.25, 0.3) is 0 Å². The number of esters is 2. The van der Waals surface area contributed by atoms with Gasteiger partial charge in [-0.1, -0.05) is 52.0 Å². The van der Waals surface area contributed by atoms with E-state index in [2.05, 4.69) is 10.6 Å². The van der Waals surface area contributed by atoms with Crippen LogP contribution in [0.5, 0.6) is 0 Å². The zero-order valence-corrected chi connectivity index (χ0v) is 30.2. The second-order valence-corrected chi connectivity index (χ2v) is 14.5. The highest BCUT2D eigenvalue weighted by molar-refractivity contribution is 5.94. The van der Waals surface area contributed by atoms with Gasteiger partial charge in [-0.15, -0.1) is 0 Å². The van der Waals surface area contributed by atoms with Crippen LogP contribution < -0.4 is 10.6 Å². The second kappa shape index (κ2) is 17.5. The summed E-state index contributed by atoms with van der Waals surface area (Å²) in [6.07, 6.45) is 0.692. The van der Waals surface area contributed by atoms with E-state index in [0.717, 1.165) is 5.56 Å². The highest BCUT2D eigenvalue weighted by atomic mass is 16.6. The zero-order chi connectivity index (χ0) is 36.5. The van der Waals surface area contributed by atoms with Crippen LogP contribution in [0.4, 0.5) is 4.79 Å². The molecular weight excluding hydrogens is 632 g/mol. The molecule has 2 heterocycles. The van der Waals surface area contributed by atoms with Crippen LogP contribution >= 0.6 is 0 Å². The summed E-state index contributed by atoms with van der Waals surface area (Å²) in [6.45, 7) is 13.3. The Morgan fingerprint density at radius 3 is 2.14 bits per heavy atom. The minimum atomic E-state index is -1.03. The molecule has 0 spiro atoms. The molecule has 1 aromatic carbocycles. The van der Waals surface area contributed by atoms with Crippen LogP contribution in [-0.4, -0.2) is 95.6 Å². The van der Waals surface area contributed by atoms with E-state index in [1.807, 2.05) is 24.3 Å². The lowest BCUT2D eigenvalue weighted by atomic mass is 9.98. The lowest BCUT2D eigenvalue weighted by molar-refractivity contribution is -0.155. The number of nitrogens with zero attached hydrogens (tertiary/aromatic N) is 2. The number of amides is 4. The fraction of sp³-hybridized carbons (Fsp3) is 0.667. The maximum atomic E-state index is 14.0. The first kappa shape index (κ1) is 39.3. The number of hydrogen-bond acceptors (Lipinski definition) is 9. The number of carbonyl (C=O) groups excluding carboxylic acids is 6. The Kier molecular flexibility index (Phi) is 14.0. The fourth-order valence-electron chi connectivity index (χ4n) is 6.02. The number of carbonyl (C=O) groups is 6. The molecule has 49 heavy (non-hydrogen) atoms. The maximum Gasteiger partial charge on any atom is 0.410 e. The van der Waals surface area contributed by atoms with E-state index in [4.69, 9.17) is 14.2 Å². The molecule has 13 nitrogen and oxygen atoms in total. The van der Waals surface area contributed by atoms with Crippen LogP contribution in [-0.2, 0) is 51.1 Å². The molecule has 0 bridgehead atoms. The van der Waals surface area contributed by atoms with E-state index in [1.165, 1.54) is 17.6 Å². The van der Waals surface area contributed by atoms with E-state index in [9.17, 15) is 28.8 Å². The lowest BCUT2D eigenvalue weighted by Crippen LogP contribution is -2.58. The van der Waals surface area contributed by atoms with E-state index < -0.39 is 53.7 Å². The van der Waals surface area contributed by atoms with E-state index in [0.29, 0.717) is 32.4 Å². The summed E-state index contributed by atoms with van der Waals surface area (Å²) in [5.74, 6) is -3.05. The van der Waals surface area contributed by atoms with Crippen LogP contribution in [0, 0.1) is 11.8 Å². The number of fused-ring (bicyclic) bond motifs is 1. The van der Waals surface area contributed by atoms with Gasteiger partial charge in [0.2, 0.25) is 17.7 Å². The van der Waals surface area contributed by atoms with Crippen molar-refractivity contribution in [1.82, 2.24) is 20.4 Å². The molecule has 272 valence electrons. The largest absolute Gasteiger partial charge is 0.467 e. The highest BCUT2D eigenvalue weighted by Gasteiger charge is 2.45. The Labute approximate surface area is 289 Å². The molecule has 3 rings (SSSR count). The van der Waals surface area contributed by atoms with Crippen LogP contribution in [0.3, 0.4) is 0 Å². The molecule has 1 saturated heterocycles. The van der Waals surface area contributed by atoms with Gasteiger partial charge < -0.3 is 34.6 Å². The number of unbranched alkanes of at least 4 members (excludes halogenated alkanes) is 1. The summed E-state index contributed by atoms with van der Waals surface area (Å²) in [6, 6.07) is 4.95. The number of nitrogens with one attached hydrogen (secondary N) is 2. The Balaban J connectivity index is 1.61. The number of likely N-dealkylation sites (tertiary alicyclic amines) is 1. The summed E-state index contributed by atoms with van der Waals surface area (Å²) >= 11 is 0. The summed E-state index contributed by atoms with van der Waals surface area (Å²) in [5.41, 5.74) is 1.66. The number of methoxy groups -OCH3 is 1. The minimum absolute atomic E-state index is 0.0402. The molecule has 0 aliphatic carbocycles. The summed E-state index contributed by atoms with van der Waals surface area (Å²) in [5, 5.41) is 5.57. The van der Waals surface area contributed by atoms with Crippen molar-refractivity contribution in [2.45, 2.75) is 123 Å². The van der Waals surface area contributed by atoms with Gasteiger partial charge in [-0.3, -0.25) is 19.2 Å². The topological polar surface area (TPSA) is 161 Å². The van der Waals surface area contributed by atoms with Gasteiger partial charge in [0.05, 0.1) is 13.7 Å². The van der Waals surface area contributed by atoms with Crippen molar-refractivity contribution in [3.63, 3.8) is 0 Å². The highest BCUT2D eigenvalue weighted by Crippen LogP contribution is 2.26. The molecule has 0 radical (unpaired) electrons. The smallest absolute Gasteiger partial charge is 0.410 e. The lowest BCUT2D eigenvalue weighted by Gasteiger charge is -2.31. The summed E-state index contributed by atoms with van der Waals surface area (Å²) < 4.78 is 16.1. The zero-order valence-electron chi connectivity index (χ0n) is 30.2. The van der Waals surface area contributed by atoms with Crippen LogP contribution in [0.2, 0.25) is 0 Å². The van der Waals surface area contributed by atoms with Gasteiger partial charge in [-0.25, -0.2) is 9.59 Å². The number of hydrogen-bond donors (Lipinski definition) is 2. The normalized spacial score (nSPS) is 18.7. The standard InChI is InChI=1S/C36H54N4O9/c1-22(2)30(37-28(41)15-11-12-16-29(42)49-36(5,6)7)32(43)38-31(23(3)4)33(44)40-21-26(19-27(40)34(45)47-8)48-35(46)39-18-17-24-13-9-10-14-25(24)20-39/h9-10,13-14,22-23,26-27,30-31H,11-12,15-21H2,1-8H3,(H,37,41)(H,38,43)/t26-,27+,30+,31?/m1/s1. The number of benzene rings is 1. The average molecular weight is 687 g/mol. The molecule has 0 aromatic heterocycles. The molecule has 0 saturated carbocycles. The average Bonchev–Trinajstić information content (AvgIpc) is 3.46. The van der Waals surface area contributed by atoms with E-state index in [-0.39, 0.29) is 49.5 Å². The van der Waals surface area contributed by atoms with Crippen molar-refractivity contribution in [1.29, 1.82) is 0 Å². The predicted molar refractivity (Wildman–Crippen MR) is 181 cm³/mol. The molecule has 4 amide bonds. The molecular formula is C36H54N4O9. The van der Waals surface area contributed by atoms with E-state index >= 15 is 0 Å². The van der Waals surface area contributed by atoms with Gasteiger partial charge in [0, 0.05) is 32.4 Å². The van der Waals surface area contributed by atoms with Gasteiger partial charge in [-0.05, 0) is 63.0 Å². The van der Waals surface area contributed by atoms with Gasteiger partial charge in [-0.2, -0.15) is 0 Å². The Morgan fingerprint density at radius 1 is 0.898 bits per heavy atom. The molecule has 1 unspecified atom stereocenters. The van der Waals surface area contributed by atoms with Crippen molar-refractivity contribution in [2.24, 2.45) is 11.8 Å². The SMILES string of the molecule is COC(=O)[C@@H]1C[C@@H](OC(=O)N2CCc3ccccc3C2)CN1C(=O)C(NC(=O)[C@@H](NC(=O)CCCCC(=O)OC(C)(C)C)C(C)C)C(C)C. The third-order valence-corrected chi connectivity index (χ3v) is 8.63. The van der Waals surface area contributed by atoms with Crippen molar-refractivity contribution in [2.75, 3.05) is 20.2 Å². The Bertz CT molecular complexity index is 1360. The molecule has 2 N–H and O–H groups in total.